The van der Waals surface area contributed by atoms with Gasteiger partial charge in [0, 0.05) is 24.0 Å². The van der Waals surface area contributed by atoms with Crippen molar-refractivity contribution < 1.29 is 19.7 Å². The Balaban J connectivity index is 1.71. The molecule has 4 rings (SSSR count). The number of aryl methyl sites for hydroxylation is 1. The molecule has 1 saturated heterocycles. The lowest BCUT2D eigenvalue weighted by molar-refractivity contribution is -0.114. The summed E-state index contributed by atoms with van der Waals surface area (Å²) in [7, 11) is 0. The molecule has 0 aliphatic carbocycles. The second kappa shape index (κ2) is 9.05. The molecular formula is C24H29ClO4. The van der Waals surface area contributed by atoms with Crippen molar-refractivity contribution in [3.8, 4) is 5.75 Å². The van der Waals surface area contributed by atoms with Gasteiger partial charge in [-0.15, -0.1) is 0 Å². The van der Waals surface area contributed by atoms with Crippen molar-refractivity contribution >= 4 is 11.6 Å². The Kier molecular flexibility index (Phi) is 6.45. The van der Waals surface area contributed by atoms with Crippen LogP contribution >= 0.6 is 11.6 Å². The van der Waals surface area contributed by atoms with Crippen molar-refractivity contribution in [2.24, 2.45) is 0 Å². The van der Waals surface area contributed by atoms with Gasteiger partial charge in [0.15, 0.2) is 0 Å². The molecule has 3 atom stereocenters. The molecule has 2 heterocycles. The van der Waals surface area contributed by atoms with Gasteiger partial charge >= 0.3 is 0 Å². The number of fused-ring (bicyclic) bond motifs is 1. The summed E-state index contributed by atoms with van der Waals surface area (Å²) >= 11 is 6.82. The summed E-state index contributed by atoms with van der Waals surface area (Å²) in [6.45, 7) is 2.72. The highest BCUT2D eigenvalue weighted by Crippen LogP contribution is 2.44. The smallest absolute Gasteiger partial charge is 0.129 e. The summed E-state index contributed by atoms with van der Waals surface area (Å²) in [4.78, 5) is 0. The highest BCUT2D eigenvalue weighted by atomic mass is 35.5. The Morgan fingerprint density at radius 3 is 2.62 bits per heavy atom. The van der Waals surface area contributed by atoms with E-state index in [1.807, 2.05) is 0 Å². The van der Waals surface area contributed by atoms with Gasteiger partial charge in [0.1, 0.15) is 5.75 Å². The molecule has 0 radical (unpaired) electrons. The molecule has 2 aromatic rings. The zero-order valence-corrected chi connectivity index (χ0v) is 17.6. The van der Waals surface area contributed by atoms with E-state index in [0.29, 0.717) is 19.4 Å². The van der Waals surface area contributed by atoms with E-state index in [1.54, 1.807) is 0 Å². The lowest BCUT2D eigenvalue weighted by Gasteiger charge is -2.35. The molecule has 1 fully saturated rings. The van der Waals surface area contributed by atoms with Crippen LogP contribution in [0.2, 0.25) is 5.02 Å². The molecular weight excluding hydrogens is 388 g/mol. The van der Waals surface area contributed by atoms with Crippen LogP contribution in [0.15, 0.2) is 30.3 Å². The predicted molar refractivity (Wildman–Crippen MR) is 114 cm³/mol. The fourth-order valence-electron chi connectivity index (χ4n) is 4.39. The molecule has 2 aliphatic rings. The molecule has 2 aromatic carbocycles. The summed E-state index contributed by atoms with van der Waals surface area (Å²) in [5.41, 5.74) is 5.57. The van der Waals surface area contributed by atoms with E-state index in [4.69, 9.17) is 21.1 Å². The molecule has 29 heavy (non-hydrogen) atoms. The number of rotatable bonds is 5. The third kappa shape index (κ3) is 4.46. The molecule has 2 aliphatic heterocycles. The summed E-state index contributed by atoms with van der Waals surface area (Å²) < 4.78 is 12.1. The van der Waals surface area contributed by atoms with Crippen LogP contribution in [0.5, 0.6) is 5.75 Å². The quantitative estimate of drug-likeness (QED) is 0.758. The zero-order valence-electron chi connectivity index (χ0n) is 16.9. The molecule has 4 nitrogen and oxygen atoms in total. The SMILES string of the molecule is CCc1ccc(Cc2cc(C3CC(O)CC(CO)O3)c3c(c2Cl)CCCO3)cc1. The monoisotopic (exact) mass is 416 g/mol. The largest absolute Gasteiger partial charge is 0.493 e. The van der Waals surface area contributed by atoms with Crippen LogP contribution in [0.1, 0.15) is 60.1 Å². The van der Waals surface area contributed by atoms with Crippen molar-refractivity contribution in [1.29, 1.82) is 0 Å². The maximum Gasteiger partial charge on any atom is 0.129 e. The summed E-state index contributed by atoms with van der Waals surface area (Å²) in [5, 5.41) is 20.6. The molecule has 0 bridgehead atoms. The van der Waals surface area contributed by atoms with Gasteiger partial charge in [-0.3, -0.25) is 0 Å². The van der Waals surface area contributed by atoms with Gasteiger partial charge in [-0.25, -0.2) is 0 Å². The number of hydrogen-bond acceptors (Lipinski definition) is 4. The van der Waals surface area contributed by atoms with Gasteiger partial charge < -0.3 is 19.7 Å². The molecule has 0 spiro atoms. The Morgan fingerprint density at radius 1 is 1.14 bits per heavy atom. The average molecular weight is 417 g/mol. The third-order valence-electron chi connectivity index (χ3n) is 5.98. The van der Waals surface area contributed by atoms with Gasteiger partial charge in [0.05, 0.1) is 36.5 Å². The van der Waals surface area contributed by atoms with E-state index in [1.165, 1.54) is 11.1 Å². The summed E-state index contributed by atoms with van der Waals surface area (Å²) in [5.74, 6) is 0.808. The molecule has 156 valence electrons. The van der Waals surface area contributed by atoms with Gasteiger partial charge in [0.25, 0.3) is 0 Å². The van der Waals surface area contributed by atoms with E-state index in [0.717, 1.165) is 53.1 Å². The van der Waals surface area contributed by atoms with Crippen molar-refractivity contribution in [2.75, 3.05) is 13.2 Å². The van der Waals surface area contributed by atoms with Crippen LogP contribution in [0.3, 0.4) is 0 Å². The van der Waals surface area contributed by atoms with E-state index in [2.05, 4.69) is 37.3 Å². The highest BCUT2D eigenvalue weighted by molar-refractivity contribution is 6.32. The fourth-order valence-corrected chi connectivity index (χ4v) is 4.69. The fraction of sp³-hybridized carbons (Fsp3) is 0.500. The first kappa shape index (κ1) is 20.7. The lowest BCUT2D eigenvalue weighted by atomic mass is 9.89. The molecule has 3 unspecified atom stereocenters. The minimum Gasteiger partial charge on any atom is -0.493 e. The second-order valence-corrected chi connectivity index (χ2v) is 8.48. The number of hydrogen-bond donors (Lipinski definition) is 2. The number of benzene rings is 2. The zero-order chi connectivity index (χ0) is 20.4. The number of halogens is 1. The molecule has 0 saturated carbocycles. The normalized spacial score (nSPS) is 24.1. The number of aliphatic hydroxyl groups is 2. The van der Waals surface area contributed by atoms with Crippen LogP contribution in [-0.4, -0.2) is 35.6 Å². The van der Waals surface area contributed by atoms with Gasteiger partial charge in [-0.1, -0.05) is 42.8 Å². The Hall–Kier alpha value is -1.59. The minimum absolute atomic E-state index is 0.0964. The first-order chi connectivity index (χ1) is 14.1. The van der Waals surface area contributed by atoms with Crippen molar-refractivity contribution in [2.45, 2.75) is 63.8 Å². The lowest BCUT2D eigenvalue weighted by Crippen LogP contribution is -2.34. The van der Waals surface area contributed by atoms with Crippen LogP contribution in [-0.2, 0) is 24.0 Å². The maximum absolute atomic E-state index is 10.3. The average Bonchev–Trinajstić information content (AvgIpc) is 2.75. The Bertz CT molecular complexity index is 849. The van der Waals surface area contributed by atoms with Crippen LogP contribution < -0.4 is 4.74 Å². The topological polar surface area (TPSA) is 58.9 Å². The minimum atomic E-state index is -0.495. The van der Waals surface area contributed by atoms with Crippen molar-refractivity contribution in [1.82, 2.24) is 0 Å². The molecule has 2 N–H and O–H groups in total. The van der Waals surface area contributed by atoms with Crippen LogP contribution in [0.4, 0.5) is 0 Å². The third-order valence-corrected chi connectivity index (χ3v) is 6.46. The second-order valence-electron chi connectivity index (χ2n) is 8.10. The first-order valence-electron chi connectivity index (χ1n) is 10.6. The maximum atomic E-state index is 10.3. The summed E-state index contributed by atoms with van der Waals surface area (Å²) in [6.07, 6.45) is 3.38. The van der Waals surface area contributed by atoms with E-state index in [9.17, 15) is 10.2 Å². The number of ether oxygens (including phenoxy) is 2. The van der Waals surface area contributed by atoms with Crippen LogP contribution in [0, 0.1) is 0 Å². The predicted octanol–water partition coefficient (Wildman–Crippen LogP) is 4.39. The molecule has 0 amide bonds. The van der Waals surface area contributed by atoms with E-state index < -0.39 is 6.10 Å². The van der Waals surface area contributed by atoms with Gasteiger partial charge in [0.2, 0.25) is 0 Å². The summed E-state index contributed by atoms with van der Waals surface area (Å²) in [6, 6.07) is 10.7. The Labute approximate surface area is 177 Å². The molecule has 5 heteroatoms. The van der Waals surface area contributed by atoms with Gasteiger partial charge in [-0.05, 0) is 48.4 Å². The molecule has 0 aromatic heterocycles. The van der Waals surface area contributed by atoms with Crippen molar-refractivity contribution in [3.63, 3.8) is 0 Å². The van der Waals surface area contributed by atoms with E-state index in [-0.39, 0.29) is 18.8 Å². The first-order valence-corrected chi connectivity index (χ1v) is 11.0. The van der Waals surface area contributed by atoms with Crippen LogP contribution in [0.25, 0.3) is 0 Å². The van der Waals surface area contributed by atoms with Crippen molar-refractivity contribution in [3.05, 3.63) is 63.2 Å². The van der Waals surface area contributed by atoms with Gasteiger partial charge in [-0.2, -0.15) is 0 Å². The van der Waals surface area contributed by atoms with E-state index >= 15 is 0 Å². The Morgan fingerprint density at radius 2 is 1.90 bits per heavy atom. The highest BCUT2D eigenvalue weighted by Gasteiger charge is 2.33. The standard InChI is InChI=1S/C24H29ClO4/c1-2-15-5-7-16(8-6-15)10-17-11-21(22-13-18(27)12-19(14-26)29-22)24-20(23(17)25)4-3-9-28-24/h5-8,11,18-19,22,26-27H,2-4,9-10,12-14H2,1H3. The number of aliphatic hydroxyl groups excluding tert-OH is 2.